The van der Waals surface area contributed by atoms with E-state index < -0.39 is 6.23 Å². The van der Waals surface area contributed by atoms with Crippen LogP contribution in [-0.2, 0) is 0 Å². The number of benzene rings is 2. The molecule has 130 valence electrons. The zero-order valence-electron chi connectivity index (χ0n) is 14.1. The maximum Gasteiger partial charge on any atom is 0.182 e. The van der Waals surface area contributed by atoms with Crippen LogP contribution in [0.2, 0.25) is 5.02 Å². The number of rotatable bonds is 3. The number of halogens is 1. The molecule has 0 spiro atoms. The van der Waals surface area contributed by atoms with E-state index in [-0.39, 0.29) is 6.17 Å². The molecule has 4 rings (SSSR count). The molecule has 25 heavy (non-hydrogen) atoms. The van der Waals surface area contributed by atoms with Crippen molar-refractivity contribution in [2.24, 2.45) is 4.99 Å². The second kappa shape index (κ2) is 7.16. The van der Waals surface area contributed by atoms with E-state index in [1.165, 1.54) is 19.3 Å². The molecule has 2 aromatic carbocycles. The molecule has 2 aliphatic heterocycles. The fourth-order valence-corrected chi connectivity index (χ4v) is 3.85. The molecule has 2 aliphatic rings. The Kier molecular flexibility index (Phi) is 4.75. The summed E-state index contributed by atoms with van der Waals surface area (Å²) in [6.07, 6.45) is 2.66. The van der Waals surface area contributed by atoms with Gasteiger partial charge in [0, 0.05) is 29.4 Å². The summed E-state index contributed by atoms with van der Waals surface area (Å²) in [6, 6.07) is 17.8. The van der Waals surface area contributed by atoms with Crippen molar-refractivity contribution in [1.82, 2.24) is 4.90 Å². The molecule has 1 N–H and O–H groups in total. The molecule has 0 saturated carbocycles. The predicted molar refractivity (Wildman–Crippen MR) is 102 cm³/mol. The summed E-state index contributed by atoms with van der Waals surface area (Å²) in [5.41, 5.74) is 2.01. The summed E-state index contributed by atoms with van der Waals surface area (Å²) in [6.45, 7) is 1.98. The van der Waals surface area contributed by atoms with Gasteiger partial charge in [-0.25, -0.2) is 4.99 Å². The highest BCUT2D eigenvalue weighted by Gasteiger charge is 2.40. The van der Waals surface area contributed by atoms with Crippen molar-refractivity contribution in [3.63, 3.8) is 0 Å². The summed E-state index contributed by atoms with van der Waals surface area (Å²) in [5, 5.41) is 11.5. The molecule has 0 unspecified atom stereocenters. The van der Waals surface area contributed by atoms with Gasteiger partial charge in [0.15, 0.2) is 6.23 Å². The van der Waals surface area contributed by atoms with E-state index in [1.807, 2.05) is 54.6 Å². The lowest BCUT2D eigenvalue weighted by Gasteiger charge is -2.39. The maximum absolute atomic E-state index is 10.8. The van der Waals surface area contributed by atoms with Gasteiger partial charge in [-0.3, -0.25) is 4.90 Å². The first-order chi connectivity index (χ1) is 12.2. The van der Waals surface area contributed by atoms with Crippen LogP contribution < -0.4 is 4.90 Å². The maximum atomic E-state index is 10.8. The van der Waals surface area contributed by atoms with Gasteiger partial charge in [-0.05, 0) is 37.1 Å². The molecule has 1 saturated heterocycles. The largest absolute Gasteiger partial charge is 0.369 e. The molecular formula is C20H22ClN3O. The molecule has 2 atom stereocenters. The van der Waals surface area contributed by atoms with E-state index in [1.54, 1.807) is 0 Å². The van der Waals surface area contributed by atoms with Crippen LogP contribution in [0.3, 0.4) is 0 Å². The van der Waals surface area contributed by atoms with Gasteiger partial charge in [-0.2, -0.15) is 0 Å². The van der Waals surface area contributed by atoms with Crippen molar-refractivity contribution in [3.05, 3.63) is 65.2 Å². The summed E-state index contributed by atoms with van der Waals surface area (Å²) in [7, 11) is 0. The minimum atomic E-state index is -0.760. The van der Waals surface area contributed by atoms with Crippen molar-refractivity contribution in [2.45, 2.75) is 31.7 Å². The summed E-state index contributed by atoms with van der Waals surface area (Å²) in [4.78, 5) is 9.12. The lowest BCUT2D eigenvalue weighted by atomic mass is 10.1. The topological polar surface area (TPSA) is 39.1 Å². The molecule has 2 aromatic rings. The van der Waals surface area contributed by atoms with E-state index in [0.717, 1.165) is 30.2 Å². The standard InChI is InChI=1S/C20H22ClN3O/c21-16-9-11-17(12-10-16)24-18(15-7-3-1-4-8-15)22-19(25)20(24)23-13-5-2-6-14-23/h1,3-4,7-12,19-20,25H,2,5-6,13-14H2/t19-,20+/m0/s1. The van der Waals surface area contributed by atoms with Crippen molar-refractivity contribution >= 4 is 23.1 Å². The zero-order chi connectivity index (χ0) is 17.2. The number of hydrogen-bond donors (Lipinski definition) is 1. The number of aliphatic hydroxyl groups is 1. The van der Waals surface area contributed by atoms with Crippen molar-refractivity contribution < 1.29 is 5.11 Å². The lowest BCUT2D eigenvalue weighted by molar-refractivity contribution is 0.0576. The highest BCUT2D eigenvalue weighted by Crippen LogP contribution is 2.31. The van der Waals surface area contributed by atoms with Gasteiger partial charge in [-0.1, -0.05) is 48.4 Å². The first-order valence-corrected chi connectivity index (χ1v) is 9.22. The second-order valence-corrected chi connectivity index (χ2v) is 7.03. The molecule has 0 radical (unpaired) electrons. The van der Waals surface area contributed by atoms with E-state index >= 15 is 0 Å². The summed E-state index contributed by atoms with van der Waals surface area (Å²) >= 11 is 6.08. The average molecular weight is 356 g/mol. The number of piperidine rings is 1. The number of anilines is 1. The first-order valence-electron chi connectivity index (χ1n) is 8.84. The fourth-order valence-electron chi connectivity index (χ4n) is 3.73. The third-order valence-electron chi connectivity index (χ3n) is 4.92. The Bertz CT molecular complexity index is 741. The predicted octanol–water partition coefficient (Wildman–Crippen LogP) is 3.74. The number of amidine groups is 1. The van der Waals surface area contributed by atoms with Gasteiger partial charge >= 0.3 is 0 Å². The van der Waals surface area contributed by atoms with Crippen molar-refractivity contribution in [3.8, 4) is 0 Å². The number of likely N-dealkylation sites (tertiary alicyclic amines) is 1. The Balaban J connectivity index is 1.75. The zero-order valence-corrected chi connectivity index (χ0v) is 14.8. The van der Waals surface area contributed by atoms with Crippen LogP contribution in [0.5, 0.6) is 0 Å². The van der Waals surface area contributed by atoms with Gasteiger partial charge in [0.1, 0.15) is 12.0 Å². The van der Waals surface area contributed by atoms with Crippen molar-refractivity contribution in [1.29, 1.82) is 0 Å². The van der Waals surface area contributed by atoms with Crippen LogP contribution in [0.4, 0.5) is 5.69 Å². The minimum Gasteiger partial charge on any atom is -0.369 e. The Morgan fingerprint density at radius 3 is 2.28 bits per heavy atom. The third kappa shape index (κ3) is 3.30. The molecule has 0 aliphatic carbocycles. The lowest BCUT2D eigenvalue weighted by Crippen LogP contribution is -2.54. The van der Waals surface area contributed by atoms with Crippen LogP contribution in [0.15, 0.2) is 59.6 Å². The van der Waals surface area contributed by atoms with Crippen molar-refractivity contribution in [2.75, 3.05) is 18.0 Å². The van der Waals surface area contributed by atoms with Gasteiger partial charge < -0.3 is 10.0 Å². The molecular weight excluding hydrogens is 334 g/mol. The minimum absolute atomic E-state index is 0.170. The molecule has 0 aromatic heterocycles. The van der Waals surface area contributed by atoms with Crippen LogP contribution >= 0.6 is 11.6 Å². The van der Waals surface area contributed by atoms with E-state index in [4.69, 9.17) is 11.6 Å². The third-order valence-corrected chi connectivity index (χ3v) is 5.17. The van der Waals surface area contributed by atoms with Gasteiger partial charge in [0.05, 0.1) is 0 Å². The average Bonchev–Trinajstić information content (AvgIpc) is 3.01. The van der Waals surface area contributed by atoms with Crippen LogP contribution in [-0.4, -0.2) is 41.3 Å². The molecule has 4 nitrogen and oxygen atoms in total. The Labute approximate surface area is 153 Å². The quantitative estimate of drug-likeness (QED) is 0.911. The number of hydrogen-bond acceptors (Lipinski definition) is 4. The van der Waals surface area contributed by atoms with Gasteiger partial charge in [0.25, 0.3) is 0 Å². The monoisotopic (exact) mass is 355 g/mol. The summed E-state index contributed by atoms with van der Waals surface area (Å²) in [5.74, 6) is 0.811. The number of aliphatic hydroxyl groups excluding tert-OH is 1. The van der Waals surface area contributed by atoms with Crippen LogP contribution in [0.1, 0.15) is 24.8 Å². The molecule has 0 amide bonds. The molecule has 5 heteroatoms. The van der Waals surface area contributed by atoms with Crippen LogP contribution in [0.25, 0.3) is 0 Å². The fraction of sp³-hybridized carbons (Fsp3) is 0.350. The normalized spacial score (nSPS) is 24.4. The van der Waals surface area contributed by atoms with Gasteiger partial charge in [-0.15, -0.1) is 0 Å². The SMILES string of the molecule is O[C@@H]1N=C(c2ccccc2)N(c2ccc(Cl)cc2)[C@H]1N1CCCCC1. The number of nitrogens with zero attached hydrogens (tertiary/aromatic N) is 3. The Hall–Kier alpha value is -1.88. The number of aliphatic imine (C=N–C) groups is 1. The molecule has 2 heterocycles. The smallest absolute Gasteiger partial charge is 0.182 e. The highest BCUT2D eigenvalue weighted by atomic mass is 35.5. The van der Waals surface area contributed by atoms with E-state index in [0.29, 0.717) is 5.02 Å². The van der Waals surface area contributed by atoms with E-state index in [2.05, 4.69) is 14.8 Å². The highest BCUT2D eigenvalue weighted by molar-refractivity contribution is 6.30. The Morgan fingerprint density at radius 1 is 0.920 bits per heavy atom. The summed E-state index contributed by atoms with van der Waals surface area (Å²) < 4.78 is 0. The Morgan fingerprint density at radius 2 is 1.60 bits per heavy atom. The second-order valence-electron chi connectivity index (χ2n) is 6.59. The molecule has 1 fully saturated rings. The molecule has 0 bridgehead atoms. The van der Waals surface area contributed by atoms with Crippen LogP contribution in [0, 0.1) is 0 Å². The van der Waals surface area contributed by atoms with Gasteiger partial charge in [0.2, 0.25) is 0 Å². The first kappa shape index (κ1) is 16.6. The van der Waals surface area contributed by atoms with E-state index in [9.17, 15) is 5.11 Å².